The van der Waals surface area contributed by atoms with Crippen LogP contribution in [0.2, 0.25) is 0 Å². The molecule has 1 aliphatic rings. The lowest BCUT2D eigenvalue weighted by atomic mass is 10.1. The van der Waals surface area contributed by atoms with Gasteiger partial charge in [0.15, 0.2) is 9.84 Å². The van der Waals surface area contributed by atoms with Crippen molar-refractivity contribution < 1.29 is 17.6 Å². The Bertz CT molecular complexity index is 628. The summed E-state index contributed by atoms with van der Waals surface area (Å²) in [6.07, 6.45) is 1.85. The van der Waals surface area contributed by atoms with E-state index in [0.717, 1.165) is 0 Å². The van der Waals surface area contributed by atoms with Crippen LogP contribution >= 0.6 is 0 Å². The lowest BCUT2D eigenvalue weighted by molar-refractivity contribution is -0.121. The van der Waals surface area contributed by atoms with Crippen LogP contribution in [0, 0.1) is 11.7 Å². The average molecular weight is 298 g/mol. The Balaban J connectivity index is 1.83. The van der Waals surface area contributed by atoms with E-state index in [2.05, 4.69) is 10.5 Å². The molecule has 0 aliphatic carbocycles. The Morgan fingerprint density at radius 3 is 2.85 bits per heavy atom. The number of sulfone groups is 1. The lowest BCUT2D eigenvalue weighted by Crippen LogP contribution is -2.21. The van der Waals surface area contributed by atoms with Crippen LogP contribution in [0.25, 0.3) is 0 Å². The van der Waals surface area contributed by atoms with Gasteiger partial charge in [0.1, 0.15) is 5.82 Å². The molecule has 1 aromatic rings. The highest BCUT2D eigenvalue weighted by molar-refractivity contribution is 7.91. The molecule has 0 bridgehead atoms. The molecule has 1 saturated heterocycles. The molecule has 0 unspecified atom stereocenters. The predicted octanol–water partition coefficient (Wildman–Crippen LogP) is 1.10. The van der Waals surface area contributed by atoms with Crippen LogP contribution in [0.1, 0.15) is 18.4 Å². The molecule has 0 saturated carbocycles. The molecule has 1 amide bonds. The number of halogens is 1. The second kappa shape index (κ2) is 6.13. The molecule has 1 N–H and O–H groups in total. The normalized spacial score (nSPS) is 21.1. The van der Waals surface area contributed by atoms with Crippen molar-refractivity contribution in [1.82, 2.24) is 5.43 Å². The van der Waals surface area contributed by atoms with E-state index in [-0.39, 0.29) is 35.3 Å². The summed E-state index contributed by atoms with van der Waals surface area (Å²) in [5.74, 6) is -0.739. The molecule has 0 aromatic heterocycles. The van der Waals surface area contributed by atoms with Crippen LogP contribution in [-0.2, 0) is 14.6 Å². The summed E-state index contributed by atoms with van der Waals surface area (Å²) in [5.41, 5.74) is 2.56. The minimum atomic E-state index is -2.98. The third-order valence-electron chi connectivity index (χ3n) is 3.10. The van der Waals surface area contributed by atoms with Crippen LogP contribution in [0.3, 0.4) is 0 Å². The quantitative estimate of drug-likeness (QED) is 0.668. The van der Waals surface area contributed by atoms with E-state index in [4.69, 9.17) is 0 Å². The number of rotatable bonds is 4. The van der Waals surface area contributed by atoms with Crippen molar-refractivity contribution in [2.45, 2.75) is 12.8 Å². The minimum Gasteiger partial charge on any atom is -0.273 e. The summed E-state index contributed by atoms with van der Waals surface area (Å²) in [6.45, 7) is 0. The van der Waals surface area contributed by atoms with Gasteiger partial charge in [-0.2, -0.15) is 5.10 Å². The van der Waals surface area contributed by atoms with Crippen molar-refractivity contribution >= 4 is 22.0 Å². The molecule has 1 aromatic carbocycles. The number of hydrogen-bond donors (Lipinski definition) is 1. The Kier molecular flexibility index (Phi) is 4.49. The third-order valence-corrected chi connectivity index (χ3v) is 4.94. The minimum absolute atomic E-state index is 0.0530. The van der Waals surface area contributed by atoms with Crippen LogP contribution in [0.15, 0.2) is 29.4 Å². The highest BCUT2D eigenvalue weighted by Gasteiger charge is 2.29. The van der Waals surface area contributed by atoms with Crippen LogP contribution in [-0.4, -0.2) is 32.0 Å². The smallest absolute Gasteiger partial charge is 0.240 e. The molecule has 108 valence electrons. The Morgan fingerprint density at radius 2 is 2.20 bits per heavy atom. The largest absolute Gasteiger partial charge is 0.273 e. The van der Waals surface area contributed by atoms with Gasteiger partial charge >= 0.3 is 0 Å². The van der Waals surface area contributed by atoms with Gasteiger partial charge in [0.25, 0.3) is 0 Å². The summed E-state index contributed by atoms with van der Waals surface area (Å²) < 4.78 is 35.8. The number of benzene rings is 1. The maximum atomic E-state index is 13.3. The van der Waals surface area contributed by atoms with Gasteiger partial charge in [0, 0.05) is 12.0 Å². The van der Waals surface area contributed by atoms with Crippen molar-refractivity contribution in [3.05, 3.63) is 35.6 Å². The number of nitrogens with one attached hydrogen (secondary N) is 1. The summed E-state index contributed by atoms with van der Waals surface area (Å²) in [5, 5.41) is 3.67. The Hall–Kier alpha value is -1.76. The zero-order valence-electron chi connectivity index (χ0n) is 10.8. The second-order valence-electron chi connectivity index (χ2n) is 4.79. The van der Waals surface area contributed by atoms with Crippen molar-refractivity contribution in [1.29, 1.82) is 0 Å². The van der Waals surface area contributed by atoms with E-state index >= 15 is 0 Å². The van der Waals surface area contributed by atoms with Gasteiger partial charge in [-0.3, -0.25) is 4.79 Å². The number of nitrogens with zero attached hydrogens (tertiary/aromatic N) is 1. The van der Waals surface area contributed by atoms with E-state index < -0.39 is 15.7 Å². The van der Waals surface area contributed by atoms with Crippen molar-refractivity contribution in [3.8, 4) is 0 Å². The summed E-state index contributed by atoms with van der Waals surface area (Å²) >= 11 is 0. The SMILES string of the molecule is O=C(C[C@H]1CCS(=O)(=O)C1)N/N=C\c1ccccc1F. The van der Waals surface area contributed by atoms with E-state index in [9.17, 15) is 17.6 Å². The van der Waals surface area contributed by atoms with Gasteiger partial charge in [-0.1, -0.05) is 18.2 Å². The Morgan fingerprint density at radius 1 is 1.45 bits per heavy atom. The van der Waals surface area contributed by atoms with Crippen molar-refractivity contribution in [2.75, 3.05) is 11.5 Å². The highest BCUT2D eigenvalue weighted by Crippen LogP contribution is 2.21. The van der Waals surface area contributed by atoms with Crippen LogP contribution in [0.5, 0.6) is 0 Å². The molecule has 2 rings (SSSR count). The maximum Gasteiger partial charge on any atom is 0.240 e. The zero-order chi connectivity index (χ0) is 14.6. The number of carbonyl (C=O) groups is 1. The van der Waals surface area contributed by atoms with Crippen LogP contribution in [0.4, 0.5) is 4.39 Å². The maximum absolute atomic E-state index is 13.3. The summed E-state index contributed by atoms with van der Waals surface area (Å²) in [4.78, 5) is 11.6. The molecule has 7 heteroatoms. The standard InChI is InChI=1S/C13H15FN2O3S/c14-12-4-2-1-3-11(12)8-15-16-13(17)7-10-5-6-20(18,19)9-10/h1-4,8,10H,5-7,9H2,(H,16,17)/b15-8-/t10-/m1/s1. The fraction of sp³-hybridized carbons (Fsp3) is 0.385. The van der Waals surface area contributed by atoms with Gasteiger partial charge < -0.3 is 0 Å². The number of hydrazone groups is 1. The number of carbonyl (C=O) groups excluding carboxylic acids is 1. The van der Waals surface area contributed by atoms with Gasteiger partial charge in [0.2, 0.25) is 5.91 Å². The predicted molar refractivity (Wildman–Crippen MR) is 73.5 cm³/mol. The highest BCUT2D eigenvalue weighted by atomic mass is 32.2. The third kappa shape index (κ3) is 4.12. The van der Waals surface area contributed by atoms with Gasteiger partial charge in [-0.25, -0.2) is 18.2 Å². The second-order valence-corrected chi connectivity index (χ2v) is 7.02. The molecule has 5 nitrogen and oxygen atoms in total. The fourth-order valence-corrected chi connectivity index (χ4v) is 3.96. The molecular weight excluding hydrogens is 283 g/mol. The van der Waals surface area contributed by atoms with E-state index in [0.29, 0.717) is 6.42 Å². The van der Waals surface area contributed by atoms with Crippen molar-refractivity contribution in [3.63, 3.8) is 0 Å². The number of amides is 1. The van der Waals surface area contributed by atoms with Crippen molar-refractivity contribution in [2.24, 2.45) is 11.0 Å². The van der Waals surface area contributed by atoms with Gasteiger partial charge in [-0.15, -0.1) is 0 Å². The van der Waals surface area contributed by atoms with E-state index in [1.165, 1.54) is 18.3 Å². The summed E-state index contributed by atoms with van der Waals surface area (Å²) in [6, 6.07) is 6.06. The molecule has 0 spiro atoms. The first-order valence-corrected chi connectivity index (χ1v) is 8.05. The molecule has 1 heterocycles. The molecule has 0 radical (unpaired) electrons. The topological polar surface area (TPSA) is 75.6 Å². The molecule has 20 heavy (non-hydrogen) atoms. The number of hydrogen-bond acceptors (Lipinski definition) is 4. The Labute approximate surface area is 116 Å². The van der Waals surface area contributed by atoms with Gasteiger partial charge in [-0.05, 0) is 18.4 Å². The first-order valence-electron chi connectivity index (χ1n) is 6.23. The molecule has 1 atom stereocenters. The van der Waals surface area contributed by atoms with E-state index in [1.54, 1.807) is 12.1 Å². The fourth-order valence-electron chi connectivity index (χ4n) is 2.09. The zero-order valence-corrected chi connectivity index (χ0v) is 11.6. The first kappa shape index (κ1) is 14.6. The van der Waals surface area contributed by atoms with Crippen LogP contribution < -0.4 is 5.43 Å². The molecular formula is C13H15FN2O3S. The monoisotopic (exact) mass is 298 g/mol. The van der Waals surface area contributed by atoms with Gasteiger partial charge in [0.05, 0.1) is 17.7 Å². The molecule has 1 aliphatic heterocycles. The van der Waals surface area contributed by atoms with E-state index in [1.807, 2.05) is 0 Å². The average Bonchev–Trinajstić information content (AvgIpc) is 2.71. The summed E-state index contributed by atoms with van der Waals surface area (Å²) in [7, 11) is -2.98. The lowest BCUT2D eigenvalue weighted by Gasteiger charge is -2.05. The molecule has 1 fully saturated rings. The first-order chi connectivity index (χ1) is 9.46.